The molecule has 1 aliphatic heterocycles. The molecular weight excluding hydrogens is 511 g/mol. The molecule has 1 atom stereocenters. The Morgan fingerprint density at radius 3 is 2.74 bits per heavy atom. The zero-order valence-electron chi connectivity index (χ0n) is 20.4. The van der Waals surface area contributed by atoms with Crippen molar-refractivity contribution in [2.24, 2.45) is 0 Å². The maximum absolute atomic E-state index is 15.4. The molecule has 3 aromatic rings. The average Bonchev–Trinajstić information content (AvgIpc) is 2.88. The van der Waals surface area contributed by atoms with Gasteiger partial charge in [0.2, 0.25) is 0 Å². The van der Waals surface area contributed by atoms with E-state index in [1.54, 1.807) is 31.2 Å². The molecule has 202 valence electrons. The van der Waals surface area contributed by atoms with Gasteiger partial charge in [0.1, 0.15) is 5.82 Å². The number of benzene rings is 2. The summed E-state index contributed by atoms with van der Waals surface area (Å²) in [5.41, 5.74) is 0.917. The second kappa shape index (κ2) is 11.4. The van der Waals surface area contributed by atoms with E-state index >= 15 is 4.39 Å². The van der Waals surface area contributed by atoms with Crippen LogP contribution in [0.5, 0.6) is 0 Å². The molecule has 2 heterocycles. The number of aromatic nitrogens is 2. The molecule has 0 aliphatic carbocycles. The zero-order chi connectivity index (χ0) is 27.4. The fraction of sp³-hybridized carbons (Fsp3) is 0.346. The third kappa shape index (κ3) is 6.08. The third-order valence-electron chi connectivity index (χ3n) is 6.15. The number of aliphatic hydroxyl groups excluding tert-OH is 1. The number of amides is 1. The van der Waals surface area contributed by atoms with Crippen molar-refractivity contribution in [1.29, 1.82) is 0 Å². The number of morpholine rings is 1. The Morgan fingerprint density at radius 1 is 1.24 bits per heavy atom. The minimum absolute atomic E-state index is 0.152. The number of anilines is 2. The van der Waals surface area contributed by atoms with Crippen LogP contribution in [0.2, 0.25) is 0 Å². The van der Waals surface area contributed by atoms with E-state index in [0.29, 0.717) is 29.3 Å². The molecule has 1 amide bonds. The Kier molecular flexibility index (Phi) is 8.22. The maximum Gasteiger partial charge on any atom is 0.435 e. The Hall–Kier alpha value is -3.64. The van der Waals surface area contributed by atoms with E-state index in [4.69, 9.17) is 4.74 Å². The molecule has 1 aromatic heterocycles. The van der Waals surface area contributed by atoms with E-state index in [1.807, 2.05) is 0 Å². The molecule has 2 aromatic carbocycles. The number of hydrogen-bond donors (Lipinski definition) is 2. The summed E-state index contributed by atoms with van der Waals surface area (Å²) >= 11 is 0. The lowest BCUT2D eigenvalue weighted by Gasteiger charge is -2.34. The van der Waals surface area contributed by atoms with Crippen molar-refractivity contribution < 1.29 is 36.6 Å². The minimum atomic E-state index is -4.76. The number of carbonyl (C=O) groups is 1. The quantitative estimate of drug-likeness (QED) is 0.329. The molecule has 0 bridgehead atoms. The largest absolute Gasteiger partial charge is 0.435 e. The van der Waals surface area contributed by atoms with Gasteiger partial charge in [-0.3, -0.25) is 4.79 Å². The highest BCUT2D eigenvalue weighted by molar-refractivity contribution is 6.04. The van der Waals surface area contributed by atoms with Gasteiger partial charge >= 0.3 is 6.18 Å². The average molecular weight is 537 g/mol. The topological polar surface area (TPSA) is 87.6 Å². The summed E-state index contributed by atoms with van der Waals surface area (Å²) in [4.78, 5) is 14.1. The van der Waals surface area contributed by atoms with Gasteiger partial charge in [-0.15, -0.1) is 5.10 Å². The van der Waals surface area contributed by atoms with Crippen molar-refractivity contribution >= 4 is 17.3 Å². The summed E-state index contributed by atoms with van der Waals surface area (Å²) in [7, 11) is 0. The van der Waals surface area contributed by atoms with Crippen LogP contribution >= 0.6 is 0 Å². The summed E-state index contributed by atoms with van der Waals surface area (Å²) in [6, 6.07) is 8.35. The van der Waals surface area contributed by atoms with E-state index in [-0.39, 0.29) is 49.6 Å². The second-order valence-electron chi connectivity index (χ2n) is 8.80. The van der Waals surface area contributed by atoms with Crippen molar-refractivity contribution in [3.63, 3.8) is 0 Å². The first kappa shape index (κ1) is 27.4. The zero-order valence-corrected chi connectivity index (χ0v) is 20.4. The number of aryl methyl sites for hydroxylation is 1. The third-order valence-corrected chi connectivity index (χ3v) is 6.15. The molecule has 0 radical (unpaired) electrons. The Labute approximate surface area is 215 Å². The smallest absolute Gasteiger partial charge is 0.396 e. The fourth-order valence-electron chi connectivity index (χ4n) is 4.23. The van der Waals surface area contributed by atoms with Gasteiger partial charge in [-0.2, -0.15) is 18.3 Å². The van der Waals surface area contributed by atoms with E-state index in [0.717, 1.165) is 11.8 Å². The molecule has 7 nitrogen and oxygen atoms in total. The van der Waals surface area contributed by atoms with Gasteiger partial charge in [0, 0.05) is 30.1 Å². The van der Waals surface area contributed by atoms with E-state index in [9.17, 15) is 27.5 Å². The Balaban J connectivity index is 1.69. The first-order valence-electron chi connectivity index (χ1n) is 11.8. The summed E-state index contributed by atoms with van der Waals surface area (Å²) < 4.78 is 74.1. The molecule has 1 aliphatic rings. The van der Waals surface area contributed by atoms with Gasteiger partial charge in [0.05, 0.1) is 25.0 Å². The number of carbonyl (C=O) groups excluding carboxylic acids is 1. The monoisotopic (exact) mass is 536 g/mol. The lowest BCUT2D eigenvalue weighted by atomic mass is 9.95. The summed E-state index contributed by atoms with van der Waals surface area (Å²) in [6.45, 7) is 1.94. The number of nitrogens with one attached hydrogen (secondary N) is 1. The fourth-order valence-corrected chi connectivity index (χ4v) is 4.23. The van der Waals surface area contributed by atoms with Crippen LogP contribution < -0.4 is 10.2 Å². The normalized spacial score (nSPS) is 16.0. The predicted molar refractivity (Wildman–Crippen MR) is 130 cm³/mol. The number of hydrogen-bond acceptors (Lipinski definition) is 6. The van der Waals surface area contributed by atoms with Crippen LogP contribution in [-0.2, 0) is 17.3 Å². The van der Waals surface area contributed by atoms with E-state index < -0.39 is 29.9 Å². The van der Waals surface area contributed by atoms with Crippen molar-refractivity contribution in [2.45, 2.75) is 32.2 Å². The van der Waals surface area contributed by atoms with Gasteiger partial charge < -0.3 is 20.1 Å². The first-order chi connectivity index (χ1) is 18.1. The molecule has 1 fully saturated rings. The molecule has 2 N–H and O–H groups in total. The molecular formula is C26H25F5N4O3. The summed E-state index contributed by atoms with van der Waals surface area (Å²) in [6.07, 6.45) is -4.82. The predicted octanol–water partition coefficient (Wildman–Crippen LogP) is 4.92. The van der Waals surface area contributed by atoms with Crippen LogP contribution in [-0.4, -0.2) is 53.9 Å². The molecule has 1 unspecified atom stereocenters. The van der Waals surface area contributed by atoms with Crippen LogP contribution in [0.25, 0.3) is 11.1 Å². The highest BCUT2D eigenvalue weighted by Crippen LogP contribution is 2.36. The number of halogens is 5. The Morgan fingerprint density at radius 2 is 2.03 bits per heavy atom. The minimum Gasteiger partial charge on any atom is -0.396 e. The Bertz CT molecular complexity index is 1320. The first-order valence-corrected chi connectivity index (χ1v) is 11.8. The summed E-state index contributed by atoms with van der Waals surface area (Å²) in [5, 5.41) is 18.1. The summed E-state index contributed by atoms with van der Waals surface area (Å²) in [5.74, 6) is -1.40. The van der Waals surface area contributed by atoms with Crippen LogP contribution in [0.1, 0.15) is 33.6 Å². The SMILES string of the molecule is Cc1ccc(NC(=O)c2cnnc(C(F)(F)F)c2)cc1-c1cc(F)c(CCCO)c(N2CCOCC2F)c1. The molecule has 4 rings (SSSR count). The molecule has 12 heteroatoms. The van der Waals surface area contributed by atoms with Crippen molar-refractivity contribution in [2.75, 3.05) is 36.6 Å². The van der Waals surface area contributed by atoms with Crippen LogP contribution in [0, 0.1) is 12.7 Å². The van der Waals surface area contributed by atoms with Gasteiger partial charge in [-0.05, 0) is 66.8 Å². The molecule has 0 spiro atoms. The van der Waals surface area contributed by atoms with Gasteiger partial charge in [0.25, 0.3) is 5.91 Å². The van der Waals surface area contributed by atoms with Crippen molar-refractivity contribution in [3.8, 4) is 11.1 Å². The lowest BCUT2D eigenvalue weighted by molar-refractivity contribution is -0.141. The van der Waals surface area contributed by atoms with Crippen molar-refractivity contribution in [3.05, 3.63) is 70.8 Å². The number of rotatable bonds is 7. The van der Waals surface area contributed by atoms with Crippen LogP contribution in [0.3, 0.4) is 0 Å². The second-order valence-corrected chi connectivity index (χ2v) is 8.80. The standard InChI is InChI=1S/C26H25F5N4O3/c1-15-4-5-18(33-25(37)17-11-23(26(29,30)31)34-32-13-17)12-20(15)16-9-21(27)19(3-2-7-36)22(10-16)35-6-8-38-14-24(35)28/h4-5,9-13,24,36H,2-3,6-8,14H2,1H3,(H,33,37). The molecule has 1 saturated heterocycles. The molecule has 38 heavy (non-hydrogen) atoms. The van der Waals surface area contributed by atoms with E-state index in [1.165, 1.54) is 11.0 Å². The number of ether oxygens (including phenoxy) is 1. The highest BCUT2D eigenvalue weighted by Gasteiger charge is 2.34. The van der Waals surface area contributed by atoms with Crippen LogP contribution in [0.4, 0.5) is 33.3 Å². The number of aliphatic hydroxyl groups is 1. The van der Waals surface area contributed by atoms with Crippen LogP contribution in [0.15, 0.2) is 42.6 Å². The molecule has 0 saturated carbocycles. The van der Waals surface area contributed by atoms with Gasteiger partial charge in [-0.1, -0.05) is 6.07 Å². The highest BCUT2D eigenvalue weighted by atomic mass is 19.4. The number of alkyl halides is 4. The number of nitrogens with zero attached hydrogens (tertiary/aromatic N) is 3. The van der Waals surface area contributed by atoms with E-state index in [2.05, 4.69) is 15.5 Å². The van der Waals surface area contributed by atoms with Crippen molar-refractivity contribution in [1.82, 2.24) is 10.2 Å². The van der Waals surface area contributed by atoms with Gasteiger partial charge in [0.15, 0.2) is 12.0 Å². The lowest BCUT2D eigenvalue weighted by Crippen LogP contribution is -2.43. The van der Waals surface area contributed by atoms with Gasteiger partial charge in [-0.25, -0.2) is 8.78 Å². The maximum atomic E-state index is 15.4.